The summed E-state index contributed by atoms with van der Waals surface area (Å²) in [5.74, 6) is 1.07. The predicted octanol–water partition coefficient (Wildman–Crippen LogP) is 4.78. The predicted molar refractivity (Wildman–Crippen MR) is 101 cm³/mol. The van der Waals surface area contributed by atoms with Gasteiger partial charge in [-0.2, -0.15) is 0 Å². The Balaban J connectivity index is 1.61. The highest BCUT2D eigenvalue weighted by Crippen LogP contribution is 2.22. The summed E-state index contributed by atoms with van der Waals surface area (Å²) in [6, 6.07) is 18.2. The molecule has 0 saturated carbocycles. The highest BCUT2D eigenvalue weighted by molar-refractivity contribution is 7.99. The summed E-state index contributed by atoms with van der Waals surface area (Å²) < 4.78 is 5.09. The van der Waals surface area contributed by atoms with Crippen LogP contribution < -0.4 is 4.74 Å². The molecule has 0 aliphatic carbocycles. The van der Waals surface area contributed by atoms with Gasteiger partial charge in [-0.15, -0.1) is 10.2 Å². The Morgan fingerprint density at radius 3 is 2.32 bits per heavy atom. The lowest BCUT2D eigenvalue weighted by Gasteiger charge is -2.04. The Hall–Kier alpha value is -2.37. The highest BCUT2D eigenvalue weighted by Gasteiger charge is 2.08. The van der Waals surface area contributed by atoms with Crippen molar-refractivity contribution >= 4 is 29.1 Å². The third-order valence-corrected chi connectivity index (χ3v) is 4.72. The highest BCUT2D eigenvalue weighted by atomic mass is 35.5. The maximum Gasteiger partial charge on any atom is 0.173 e. The SMILES string of the molecule is COc1ccc(C(=O)CSc2ccc(-c3ccc(Cl)cc3)nn2)cc1. The van der Waals surface area contributed by atoms with Gasteiger partial charge in [0.2, 0.25) is 0 Å². The first-order valence-electron chi connectivity index (χ1n) is 7.55. The van der Waals surface area contributed by atoms with Crippen LogP contribution in [0.4, 0.5) is 0 Å². The molecule has 0 saturated heterocycles. The number of thioether (sulfide) groups is 1. The molecule has 0 atom stereocenters. The van der Waals surface area contributed by atoms with Gasteiger partial charge in [0.1, 0.15) is 10.8 Å². The second-order valence-corrected chi connectivity index (χ2v) is 6.64. The second kappa shape index (κ2) is 8.14. The number of hydrogen-bond donors (Lipinski definition) is 0. The molecular formula is C19H15ClN2O2S. The van der Waals surface area contributed by atoms with Gasteiger partial charge in [-0.25, -0.2) is 0 Å². The van der Waals surface area contributed by atoms with Crippen molar-refractivity contribution in [2.45, 2.75) is 5.03 Å². The third kappa shape index (κ3) is 4.59. The number of carbonyl (C=O) groups excluding carboxylic acids is 1. The van der Waals surface area contributed by atoms with Crippen LogP contribution in [0.15, 0.2) is 65.7 Å². The minimum Gasteiger partial charge on any atom is -0.497 e. The molecule has 3 rings (SSSR count). The standard InChI is InChI=1S/C19H15ClN2O2S/c1-24-16-8-4-14(5-9-16)18(23)12-25-19-11-10-17(21-22-19)13-2-6-15(20)7-3-13/h2-11H,12H2,1H3. The van der Waals surface area contributed by atoms with Crippen LogP contribution in [-0.2, 0) is 0 Å². The molecule has 1 aromatic heterocycles. The molecule has 25 heavy (non-hydrogen) atoms. The molecule has 3 aromatic rings. The van der Waals surface area contributed by atoms with Crippen molar-refractivity contribution in [2.24, 2.45) is 0 Å². The zero-order chi connectivity index (χ0) is 17.6. The van der Waals surface area contributed by atoms with Crippen molar-refractivity contribution in [2.75, 3.05) is 12.9 Å². The fourth-order valence-corrected chi connectivity index (χ4v) is 3.01. The van der Waals surface area contributed by atoms with Crippen molar-refractivity contribution in [3.05, 3.63) is 71.2 Å². The lowest BCUT2D eigenvalue weighted by Crippen LogP contribution is -2.02. The van der Waals surface area contributed by atoms with E-state index >= 15 is 0 Å². The van der Waals surface area contributed by atoms with Crippen LogP contribution >= 0.6 is 23.4 Å². The molecule has 0 amide bonds. The average molecular weight is 371 g/mol. The number of hydrogen-bond acceptors (Lipinski definition) is 5. The van der Waals surface area contributed by atoms with Gasteiger partial charge < -0.3 is 4.74 Å². The van der Waals surface area contributed by atoms with E-state index in [0.29, 0.717) is 21.4 Å². The summed E-state index contributed by atoms with van der Waals surface area (Å²) in [5.41, 5.74) is 2.37. The van der Waals surface area contributed by atoms with Crippen LogP contribution in [0.3, 0.4) is 0 Å². The molecule has 0 N–H and O–H groups in total. The number of benzene rings is 2. The van der Waals surface area contributed by atoms with Gasteiger partial charge in [0.05, 0.1) is 18.6 Å². The van der Waals surface area contributed by atoms with Gasteiger partial charge in [-0.1, -0.05) is 35.5 Å². The van der Waals surface area contributed by atoms with Gasteiger partial charge in [0.15, 0.2) is 5.78 Å². The minimum absolute atomic E-state index is 0.0382. The van der Waals surface area contributed by atoms with Crippen LogP contribution in [0.1, 0.15) is 10.4 Å². The largest absolute Gasteiger partial charge is 0.497 e. The quantitative estimate of drug-likeness (QED) is 0.461. The van der Waals surface area contributed by atoms with Crippen LogP contribution in [0.25, 0.3) is 11.3 Å². The summed E-state index contributed by atoms with van der Waals surface area (Å²) >= 11 is 7.25. The average Bonchev–Trinajstić information content (AvgIpc) is 2.67. The first-order valence-corrected chi connectivity index (χ1v) is 8.92. The van der Waals surface area contributed by atoms with Gasteiger partial charge in [-0.05, 0) is 48.5 Å². The van der Waals surface area contributed by atoms with Crippen molar-refractivity contribution in [3.8, 4) is 17.0 Å². The summed E-state index contributed by atoms with van der Waals surface area (Å²) in [7, 11) is 1.60. The number of ketones is 1. The zero-order valence-corrected chi connectivity index (χ0v) is 15.1. The van der Waals surface area contributed by atoms with Crippen LogP contribution in [0, 0.1) is 0 Å². The second-order valence-electron chi connectivity index (χ2n) is 5.20. The van der Waals surface area contributed by atoms with E-state index in [1.165, 1.54) is 11.8 Å². The van der Waals surface area contributed by atoms with E-state index in [1.54, 1.807) is 31.4 Å². The molecule has 0 spiro atoms. The molecule has 0 fully saturated rings. The summed E-state index contributed by atoms with van der Waals surface area (Å²) in [6.07, 6.45) is 0. The smallest absolute Gasteiger partial charge is 0.173 e. The summed E-state index contributed by atoms with van der Waals surface area (Å²) in [6.45, 7) is 0. The van der Waals surface area contributed by atoms with Crippen molar-refractivity contribution in [3.63, 3.8) is 0 Å². The van der Waals surface area contributed by atoms with Crippen LogP contribution in [0.5, 0.6) is 5.75 Å². The normalized spacial score (nSPS) is 10.5. The van der Waals surface area contributed by atoms with Gasteiger partial charge in [0.25, 0.3) is 0 Å². The molecular weight excluding hydrogens is 356 g/mol. The summed E-state index contributed by atoms with van der Waals surface area (Å²) in [4.78, 5) is 12.2. The van der Waals surface area contributed by atoms with E-state index in [0.717, 1.165) is 17.0 Å². The number of methoxy groups -OCH3 is 1. The molecule has 0 aliphatic heterocycles. The van der Waals surface area contributed by atoms with Crippen LogP contribution in [0.2, 0.25) is 5.02 Å². The first kappa shape index (κ1) is 17.5. The number of carbonyl (C=O) groups is 1. The first-order chi connectivity index (χ1) is 12.2. The van der Waals surface area contributed by atoms with E-state index in [1.807, 2.05) is 36.4 Å². The van der Waals surface area contributed by atoms with E-state index in [-0.39, 0.29) is 5.78 Å². The Labute approximate surface area is 155 Å². The number of halogens is 1. The number of Topliss-reactive ketones (excluding diaryl/α,β-unsaturated/α-hetero) is 1. The van der Waals surface area contributed by atoms with Gasteiger partial charge >= 0.3 is 0 Å². The van der Waals surface area contributed by atoms with Crippen molar-refractivity contribution < 1.29 is 9.53 Å². The van der Waals surface area contributed by atoms with Gasteiger partial charge in [0, 0.05) is 16.1 Å². The lowest BCUT2D eigenvalue weighted by atomic mass is 10.1. The molecule has 1 heterocycles. The molecule has 0 aliphatic rings. The number of rotatable bonds is 6. The van der Waals surface area contributed by atoms with Gasteiger partial charge in [-0.3, -0.25) is 4.79 Å². The Bertz CT molecular complexity index is 850. The summed E-state index contributed by atoms with van der Waals surface area (Å²) in [5, 5.41) is 9.78. The molecule has 2 aromatic carbocycles. The minimum atomic E-state index is 0.0382. The third-order valence-electron chi connectivity index (χ3n) is 3.54. The topological polar surface area (TPSA) is 52.1 Å². The maximum atomic E-state index is 12.2. The monoisotopic (exact) mass is 370 g/mol. The zero-order valence-electron chi connectivity index (χ0n) is 13.5. The molecule has 126 valence electrons. The molecule has 0 bridgehead atoms. The number of ether oxygens (including phenoxy) is 1. The van der Waals surface area contributed by atoms with E-state index in [4.69, 9.17) is 16.3 Å². The van der Waals surface area contributed by atoms with E-state index in [9.17, 15) is 4.79 Å². The van der Waals surface area contributed by atoms with Crippen LogP contribution in [-0.4, -0.2) is 28.8 Å². The van der Waals surface area contributed by atoms with Crippen molar-refractivity contribution in [1.29, 1.82) is 0 Å². The van der Waals surface area contributed by atoms with E-state index < -0.39 is 0 Å². The fraction of sp³-hybridized carbons (Fsp3) is 0.105. The number of aromatic nitrogens is 2. The Morgan fingerprint density at radius 1 is 1.00 bits per heavy atom. The number of nitrogens with zero attached hydrogens (tertiary/aromatic N) is 2. The maximum absolute atomic E-state index is 12.2. The molecule has 0 unspecified atom stereocenters. The van der Waals surface area contributed by atoms with E-state index in [2.05, 4.69) is 10.2 Å². The molecule has 0 radical (unpaired) electrons. The Morgan fingerprint density at radius 2 is 1.72 bits per heavy atom. The Kier molecular flexibility index (Phi) is 5.68. The lowest BCUT2D eigenvalue weighted by molar-refractivity contribution is 0.102. The molecule has 4 nitrogen and oxygen atoms in total. The molecule has 6 heteroatoms. The van der Waals surface area contributed by atoms with Crippen molar-refractivity contribution in [1.82, 2.24) is 10.2 Å². The fourth-order valence-electron chi connectivity index (χ4n) is 2.17.